The van der Waals surface area contributed by atoms with Crippen molar-refractivity contribution in [2.45, 2.75) is 39.7 Å². The van der Waals surface area contributed by atoms with Gasteiger partial charge in [0, 0.05) is 13.1 Å². The Morgan fingerprint density at radius 1 is 1.31 bits per heavy atom. The third kappa shape index (κ3) is 4.40. The second kappa shape index (κ2) is 7.25. The normalized spacial score (nSPS) is 27.6. The molecule has 3 heteroatoms. The molecule has 0 aromatic carbocycles. The van der Waals surface area contributed by atoms with Gasteiger partial charge < -0.3 is 14.9 Å². The maximum Gasteiger partial charge on any atom is 0.0590 e. The van der Waals surface area contributed by atoms with Crippen LogP contribution in [0.15, 0.2) is 0 Å². The average molecular weight is 228 g/mol. The highest BCUT2D eigenvalue weighted by molar-refractivity contribution is 4.77. The first-order valence-corrected chi connectivity index (χ1v) is 6.80. The van der Waals surface area contributed by atoms with Crippen molar-refractivity contribution in [3.05, 3.63) is 0 Å². The van der Waals surface area contributed by atoms with E-state index in [0.29, 0.717) is 5.92 Å². The van der Waals surface area contributed by atoms with Crippen molar-refractivity contribution in [2.75, 3.05) is 39.3 Å². The van der Waals surface area contributed by atoms with Gasteiger partial charge >= 0.3 is 0 Å². The summed E-state index contributed by atoms with van der Waals surface area (Å²) in [5.74, 6) is 0.446. The van der Waals surface area contributed by atoms with E-state index in [9.17, 15) is 5.11 Å². The van der Waals surface area contributed by atoms with Crippen molar-refractivity contribution in [2.24, 2.45) is 5.92 Å². The van der Waals surface area contributed by atoms with E-state index in [2.05, 4.69) is 30.6 Å². The van der Waals surface area contributed by atoms with E-state index in [4.69, 9.17) is 0 Å². The Bertz CT molecular complexity index is 183. The Morgan fingerprint density at radius 2 is 2.00 bits per heavy atom. The van der Waals surface area contributed by atoms with Gasteiger partial charge in [-0.25, -0.2) is 0 Å². The van der Waals surface area contributed by atoms with Crippen LogP contribution >= 0.6 is 0 Å². The van der Waals surface area contributed by atoms with Gasteiger partial charge in [0.05, 0.1) is 6.10 Å². The van der Waals surface area contributed by atoms with Crippen molar-refractivity contribution < 1.29 is 5.11 Å². The topological polar surface area (TPSA) is 26.7 Å². The molecule has 96 valence electrons. The Morgan fingerprint density at radius 3 is 2.56 bits per heavy atom. The van der Waals surface area contributed by atoms with Crippen LogP contribution in [0.2, 0.25) is 0 Å². The smallest absolute Gasteiger partial charge is 0.0590 e. The second-order valence-electron chi connectivity index (χ2n) is 5.01. The molecule has 0 aliphatic carbocycles. The van der Waals surface area contributed by atoms with Gasteiger partial charge in [0.25, 0.3) is 0 Å². The summed E-state index contributed by atoms with van der Waals surface area (Å²) in [4.78, 5) is 4.98. The molecule has 0 radical (unpaired) electrons. The van der Waals surface area contributed by atoms with E-state index in [0.717, 1.165) is 32.6 Å². The first-order valence-electron chi connectivity index (χ1n) is 6.80. The molecule has 0 amide bonds. The highest BCUT2D eigenvalue weighted by Gasteiger charge is 2.23. The van der Waals surface area contributed by atoms with Gasteiger partial charge in [-0.15, -0.1) is 0 Å². The zero-order chi connectivity index (χ0) is 12.0. The summed E-state index contributed by atoms with van der Waals surface area (Å²) < 4.78 is 0. The number of piperidine rings is 1. The highest BCUT2D eigenvalue weighted by atomic mass is 16.3. The summed E-state index contributed by atoms with van der Waals surface area (Å²) in [7, 11) is 0. The largest absolute Gasteiger partial charge is 0.393 e. The first-order chi connectivity index (χ1) is 7.67. The molecule has 1 aliphatic heterocycles. The summed E-state index contributed by atoms with van der Waals surface area (Å²) in [6, 6.07) is 0. The lowest BCUT2D eigenvalue weighted by molar-refractivity contribution is 0.0338. The van der Waals surface area contributed by atoms with E-state index < -0.39 is 0 Å². The molecule has 0 spiro atoms. The monoisotopic (exact) mass is 228 g/mol. The average Bonchev–Trinajstić information content (AvgIpc) is 2.29. The number of aliphatic hydroxyl groups is 1. The lowest BCUT2D eigenvalue weighted by Crippen LogP contribution is -2.42. The van der Waals surface area contributed by atoms with E-state index in [1.54, 1.807) is 0 Å². The fraction of sp³-hybridized carbons (Fsp3) is 1.00. The van der Waals surface area contributed by atoms with Crippen LogP contribution in [-0.2, 0) is 0 Å². The predicted molar refractivity (Wildman–Crippen MR) is 68.6 cm³/mol. The van der Waals surface area contributed by atoms with Crippen LogP contribution < -0.4 is 0 Å². The van der Waals surface area contributed by atoms with E-state index in [-0.39, 0.29) is 6.10 Å². The van der Waals surface area contributed by atoms with Crippen molar-refractivity contribution in [1.29, 1.82) is 0 Å². The molecule has 3 nitrogen and oxygen atoms in total. The lowest BCUT2D eigenvalue weighted by Gasteiger charge is -2.34. The van der Waals surface area contributed by atoms with Crippen molar-refractivity contribution in [1.82, 2.24) is 9.80 Å². The summed E-state index contributed by atoms with van der Waals surface area (Å²) in [5.41, 5.74) is 0. The molecule has 2 atom stereocenters. The van der Waals surface area contributed by atoms with Crippen LogP contribution in [0.4, 0.5) is 0 Å². The molecule has 0 saturated carbocycles. The molecular formula is C13H28N2O. The minimum atomic E-state index is -0.0703. The Kier molecular flexibility index (Phi) is 6.32. The quantitative estimate of drug-likeness (QED) is 0.745. The second-order valence-corrected chi connectivity index (χ2v) is 5.01. The van der Waals surface area contributed by atoms with Gasteiger partial charge in [0.1, 0.15) is 0 Å². The highest BCUT2D eigenvalue weighted by Crippen LogP contribution is 2.16. The Hall–Kier alpha value is -0.120. The SMILES string of the molecule is CCN(CC)CCCN1CC[C@@H](O)[C@H](C)C1. The van der Waals surface area contributed by atoms with Gasteiger partial charge in [0.15, 0.2) is 0 Å². The zero-order valence-electron chi connectivity index (χ0n) is 11.2. The van der Waals surface area contributed by atoms with Gasteiger partial charge in [-0.1, -0.05) is 20.8 Å². The number of likely N-dealkylation sites (tertiary alicyclic amines) is 1. The molecule has 1 fully saturated rings. The van der Waals surface area contributed by atoms with Crippen LogP contribution in [-0.4, -0.2) is 60.3 Å². The van der Waals surface area contributed by atoms with Crippen molar-refractivity contribution in [3.8, 4) is 0 Å². The number of hydrogen-bond acceptors (Lipinski definition) is 3. The molecular weight excluding hydrogens is 200 g/mol. The summed E-state index contributed by atoms with van der Waals surface area (Å²) in [6.07, 6.45) is 2.13. The minimum Gasteiger partial charge on any atom is -0.393 e. The third-order valence-corrected chi connectivity index (χ3v) is 3.79. The number of rotatable bonds is 6. The van der Waals surface area contributed by atoms with E-state index >= 15 is 0 Å². The molecule has 16 heavy (non-hydrogen) atoms. The van der Waals surface area contributed by atoms with Gasteiger partial charge in [0.2, 0.25) is 0 Å². The van der Waals surface area contributed by atoms with Crippen molar-refractivity contribution >= 4 is 0 Å². The van der Waals surface area contributed by atoms with Crippen molar-refractivity contribution in [3.63, 3.8) is 0 Å². The van der Waals surface area contributed by atoms with Crippen LogP contribution in [0.1, 0.15) is 33.6 Å². The molecule has 0 unspecified atom stereocenters. The summed E-state index contributed by atoms with van der Waals surface area (Å²) >= 11 is 0. The molecule has 1 saturated heterocycles. The molecule has 0 bridgehead atoms. The third-order valence-electron chi connectivity index (χ3n) is 3.79. The summed E-state index contributed by atoms with van der Waals surface area (Å²) in [5, 5.41) is 9.65. The van der Waals surface area contributed by atoms with E-state index in [1.807, 2.05) is 0 Å². The van der Waals surface area contributed by atoms with Gasteiger partial charge in [-0.2, -0.15) is 0 Å². The molecule has 1 heterocycles. The molecule has 1 rings (SSSR count). The minimum absolute atomic E-state index is 0.0703. The Labute approximate surface area is 100 Å². The van der Waals surface area contributed by atoms with Gasteiger partial charge in [-0.05, 0) is 44.9 Å². The predicted octanol–water partition coefficient (Wildman–Crippen LogP) is 1.42. The standard InChI is InChI=1S/C13H28N2O/c1-4-14(5-2)8-6-9-15-10-7-13(16)12(3)11-15/h12-13,16H,4-11H2,1-3H3/t12-,13-/m1/s1. The van der Waals surface area contributed by atoms with Crippen LogP contribution in [0, 0.1) is 5.92 Å². The number of nitrogens with zero attached hydrogens (tertiary/aromatic N) is 2. The summed E-state index contributed by atoms with van der Waals surface area (Å²) in [6.45, 7) is 13.5. The fourth-order valence-electron chi connectivity index (χ4n) is 2.48. The van der Waals surface area contributed by atoms with E-state index in [1.165, 1.54) is 19.5 Å². The Balaban J connectivity index is 2.13. The molecule has 1 aliphatic rings. The first kappa shape index (κ1) is 13.9. The molecule has 1 N–H and O–H groups in total. The maximum atomic E-state index is 9.65. The van der Waals surface area contributed by atoms with Crippen LogP contribution in [0.25, 0.3) is 0 Å². The fourth-order valence-corrected chi connectivity index (χ4v) is 2.48. The van der Waals surface area contributed by atoms with Gasteiger partial charge in [-0.3, -0.25) is 0 Å². The number of hydrogen-bond donors (Lipinski definition) is 1. The van der Waals surface area contributed by atoms with Crippen LogP contribution in [0.5, 0.6) is 0 Å². The molecule has 0 aromatic heterocycles. The number of aliphatic hydroxyl groups excluding tert-OH is 1. The maximum absolute atomic E-state index is 9.65. The van der Waals surface area contributed by atoms with Crippen LogP contribution in [0.3, 0.4) is 0 Å². The zero-order valence-corrected chi connectivity index (χ0v) is 11.2. The molecule has 0 aromatic rings. The lowest BCUT2D eigenvalue weighted by atomic mass is 9.97.